The number of hydrogen-bond acceptors (Lipinski definition) is 2. The molecule has 0 saturated carbocycles. The maximum absolute atomic E-state index is 12.6. The van der Waals surface area contributed by atoms with Crippen molar-refractivity contribution in [1.82, 2.24) is 0 Å². The third-order valence-electron chi connectivity index (χ3n) is 1.55. The van der Waals surface area contributed by atoms with Gasteiger partial charge in [-0.15, -0.1) is 4.91 Å². The predicted octanol–water partition coefficient (Wildman–Crippen LogP) is 2.95. The average Bonchev–Trinajstić information content (AvgIpc) is 2.13. The Morgan fingerprint density at radius 2 is 1.31 bits per heavy atom. The van der Waals surface area contributed by atoms with Gasteiger partial charge >= 0.3 is 0 Å². The fourth-order valence-corrected chi connectivity index (χ4v) is 0.810. The molecule has 0 aromatic heterocycles. The van der Waals surface area contributed by atoms with Gasteiger partial charge in [0.15, 0.2) is 29.0 Å². The predicted molar refractivity (Wildman–Crippen MR) is 36.5 cm³/mol. The number of halogens is 4. The highest BCUT2D eigenvalue weighted by Crippen LogP contribution is 2.29. The van der Waals surface area contributed by atoms with E-state index in [0.717, 1.165) is 6.92 Å². The second-order valence-corrected chi connectivity index (χ2v) is 2.32. The van der Waals surface area contributed by atoms with Crippen LogP contribution in [0.15, 0.2) is 5.18 Å². The van der Waals surface area contributed by atoms with Gasteiger partial charge in [0.05, 0.1) is 0 Å². The second kappa shape index (κ2) is 3.12. The van der Waals surface area contributed by atoms with Crippen molar-refractivity contribution in [2.45, 2.75) is 6.92 Å². The maximum atomic E-state index is 12.6. The summed E-state index contributed by atoms with van der Waals surface area (Å²) in [5.74, 6) is -6.75. The first kappa shape index (κ1) is 9.63. The topological polar surface area (TPSA) is 29.4 Å². The van der Waals surface area contributed by atoms with Gasteiger partial charge in [-0.1, -0.05) is 0 Å². The van der Waals surface area contributed by atoms with E-state index in [1.54, 1.807) is 0 Å². The molecule has 0 amide bonds. The summed E-state index contributed by atoms with van der Waals surface area (Å²) in [4.78, 5) is 9.80. The van der Waals surface area contributed by atoms with Crippen molar-refractivity contribution in [2.75, 3.05) is 0 Å². The van der Waals surface area contributed by atoms with Gasteiger partial charge in [-0.25, -0.2) is 17.6 Å². The van der Waals surface area contributed by atoms with Crippen LogP contribution < -0.4 is 0 Å². The van der Waals surface area contributed by atoms with Crippen LogP contribution in [0.5, 0.6) is 0 Å². The van der Waals surface area contributed by atoms with E-state index in [1.165, 1.54) is 0 Å². The number of benzene rings is 1. The molecule has 0 aliphatic rings. The van der Waals surface area contributed by atoms with Crippen LogP contribution in [0.3, 0.4) is 0 Å². The summed E-state index contributed by atoms with van der Waals surface area (Å²) in [7, 11) is 0. The molecule has 0 aliphatic heterocycles. The lowest BCUT2D eigenvalue weighted by atomic mass is 10.2. The van der Waals surface area contributed by atoms with E-state index in [-0.39, 0.29) is 0 Å². The summed E-state index contributed by atoms with van der Waals surface area (Å²) in [6.45, 7) is 0.853. The number of nitroso groups, excluding NO2 is 1. The smallest absolute Gasteiger partial charge is 0.191 e. The van der Waals surface area contributed by atoms with Crippen LogP contribution in [0.2, 0.25) is 0 Å². The van der Waals surface area contributed by atoms with Crippen molar-refractivity contribution in [3.8, 4) is 0 Å². The van der Waals surface area contributed by atoms with E-state index in [2.05, 4.69) is 0 Å². The minimum atomic E-state index is -1.77. The molecule has 0 fully saturated rings. The van der Waals surface area contributed by atoms with E-state index < -0.39 is 34.5 Å². The fourth-order valence-electron chi connectivity index (χ4n) is 0.810. The zero-order valence-corrected chi connectivity index (χ0v) is 6.37. The first-order valence-electron chi connectivity index (χ1n) is 3.16. The van der Waals surface area contributed by atoms with Gasteiger partial charge < -0.3 is 0 Å². The zero-order valence-electron chi connectivity index (χ0n) is 6.37. The SMILES string of the molecule is Cc1c(F)c(F)c(N=O)c(F)c1F. The Morgan fingerprint density at radius 1 is 0.923 bits per heavy atom. The molecule has 0 radical (unpaired) electrons. The van der Waals surface area contributed by atoms with Crippen LogP contribution in [0, 0.1) is 35.1 Å². The van der Waals surface area contributed by atoms with Crippen LogP contribution in [-0.2, 0) is 0 Å². The van der Waals surface area contributed by atoms with Gasteiger partial charge in [0.2, 0.25) is 0 Å². The Morgan fingerprint density at radius 3 is 1.62 bits per heavy atom. The minimum absolute atomic E-state index is 0.817. The summed E-state index contributed by atoms with van der Waals surface area (Å²) < 4.78 is 50.5. The molecule has 0 saturated heterocycles. The van der Waals surface area contributed by atoms with Crippen LogP contribution in [0.4, 0.5) is 23.2 Å². The first-order chi connectivity index (χ1) is 6.00. The highest BCUT2D eigenvalue weighted by molar-refractivity contribution is 5.43. The molecule has 0 spiro atoms. The summed E-state index contributed by atoms with van der Waals surface area (Å²) in [5.41, 5.74) is -2.29. The van der Waals surface area contributed by atoms with Gasteiger partial charge in [-0.2, -0.15) is 0 Å². The Kier molecular flexibility index (Phi) is 2.31. The van der Waals surface area contributed by atoms with E-state index in [9.17, 15) is 22.5 Å². The minimum Gasteiger partial charge on any atom is -0.203 e. The van der Waals surface area contributed by atoms with Crippen molar-refractivity contribution in [3.05, 3.63) is 33.7 Å². The van der Waals surface area contributed by atoms with Gasteiger partial charge in [0.1, 0.15) is 0 Å². The molecule has 0 atom stereocenters. The summed E-state index contributed by atoms with van der Waals surface area (Å²) in [6, 6.07) is 0. The number of rotatable bonds is 1. The average molecular weight is 193 g/mol. The second-order valence-electron chi connectivity index (χ2n) is 2.32. The van der Waals surface area contributed by atoms with Crippen LogP contribution in [0.25, 0.3) is 0 Å². The van der Waals surface area contributed by atoms with Gasteiger partial charge in [0, 0.05) is 5.56 Å². The highest BCUT2D eigenvalue weighted by atomic mass is 19.2. The van der Waals surface area contributed by atoms with Crippen LogP contribution in [0.1, 0.15) is 5.56 Å². The van der Waals surface area contributed by atoms with Crippen LogP contribution >= 0.6 is 0 Å². The van der Waals surface area contributed by atoms with E-state index in [1.807, 2.05) is 5.18 Å². The molecule has 0 N–H and O–H groups in total. The summed E-state index contributed by atoms with van der Waals surface area (Å²) in [5, 5.41) is 1.85. The first-order valence-corrected chi connectivity index (χ1v) is 3.16. The van der Waals surface area contributed by atoms with Gasteiger partial charge in [-0.05, 0) is 12.1 Å². The molecule has 13 heavy (non-hydrogen) atoms. The molecule has 1 aromatic carbocycles. The molecule has 1 rings (SSSR count). The Balaban J connectivity index is 3.66. The Bertz CT molecular complexity index is 348. The van der Waals surface area contributed by atoms with Crippen molar-refractivity contribution >= 4 is 5.69 Å². The van der Waals surface area contributed by atoms with Crippen LogP contribution in [-0.4, -0.2) is 0 Å². The molecule has 70 valence electrons. The lowest BCUT2D eigenvalue weighted by Crippen LogP contribution is -1.99. The van der Waals surface area contributed by atoms with Crippen molar-refractivity contribution < 1.29 is 17.6 Å². The standard InChI is InChI=1S/C7H3F4NO/c1-2-3(8)5(10)7(12-13)6(11)4(2)9/h1H3. The number of nitrogens with zero attached hydrogens (tertiary/aromatic N) is 1. The Labute approximate surface area is 70.2 Å². The fraction of sp³-hybridized carbons (Fsp3) is 0.143. The quantitative estimate of drug-likeness (QED) is 0.383. The van der Waals surface area contributed by atoms with Crippen molar-refractivity contribution in [2.24, 2.45) is 5.18 Å². The molecule has 6 heteroatoms. The van der Waals surface area contributed by atoms with Crippen molar-refractivity contribution in [3.63, 3.8) is 0 Å². The molecule has 0 unspecified atom stereocenters. The van der Waals surface area contributed by atoms with Crippen molar-refractivity contribution in [1.29, 1.82) is 0 Å². The molecule has 0 aliphatic carbocycles. The van der Waals surface area contributed by atoms with E-state index in [0.29, 0.717) is 0 Å². The van der Waals surface area contributed by atoms with E-state index >= 15 is 0 Å². The molecule has 0 heterocycles. The van der Waals surface area contributed by atoms with E-state index in [4.69, 9.17) is 0 Å². The number of hydrogen-bond donors (Lipinski definition) is 0. The summed E-state index contributed by atoms with van der Waals surface area (Å²) >= 11 is 0. The lowest BCUT2D eigenvalue weighted by molar-refractivity contribution is 0.448. The Hall–Kier alpha value is -1.46. The highest BCUT2D eigenvalue weighted by Gasteiger charge is 2.23. The van der Waals surface area contributed by atoms with Gasteiger partial charge in [-0.3, -0.25) is 0 Å². The molecular weight excluding hydrogens is 190 g/mol. The monoisotopic (exact) mass is 193 g/mol. The normalized spacial score (nSPS) is 10.2. The maximum Gasteiger partial charge on any atom is 0.191 e. The molecule has 1 aromatic rings. The third-order valence-corrected chi connectivity index (χ3v) is 1.55. The zero-order chi connectivity index (χ0) is 10.2. The largest absolute Gasteiger partial charge is 0.203 e. The third kappa shape index (κ3) is 1.28. The lowest BCUT2D eigenvalue weighted by Gasteiger charge is -2.02. The molecule has 2 nitrogen and oxygen atoms in total. The van der Waals surface area contributed by atoms with Gasteiger partial charge in [0.25, 0.3) is 0 Å². The molecular formula is C7H3F4NO. The summed E-state index contributed by atoms with van der Waals surface area (Å²) in [6.07, 6.45) is 0. The molecule has 0 bridgehead atoms.